The van der Waals surface area contributed by atoms with Crippen molar-refractivity contribution in [1.82, 2.24) is 0 Å². The highest BCUT2D eigenvalue weighted by Crippen LogP contribution is 2.22. The summed E-state index contributed by atoms with van der Waals surface area (Å²) in [5, 5.41) is 0.790. The Morgan fingerprint density at radius 1 is 1.19 bits per heavy atom. The lowest BCUT2D eigenvalue weighted by Gasteiger charge is -2.05. The molecule has 0 bridgehead atoms. The van der Waals surface area contributed by atoms with Gasteiger partial charge in [0.05, 0.1) is 0 Å². The first-order chi connectivity index (χ1) is 10.1. The summed E-state index contributed by atoms with van der Waals surface area (Å²) in [7, 11) is 0. The van der Waals surface area contributed by atoms with E-state index in [2.05, 4.69) is 0 Å². The van der Waals surface area contributed by atoms with E-state index in [0.717, 1.165) is 16.5 Å². The molecule has 0 aliphatic heterocycles. The summed E-state index contributed by atoms with van der Waals surface area (Å²) in [6.07, 6.45) is 0. The molecular formula is C17H15NO3. The molecule has 0 saturated heterocycles. The van der Waals surface area contributed by atoms with Crippen LogP contribution in [0.4, 0.5) is 5.69 Å². The highest BCUT2D eigenvalue weighted by molar-refractivity contribution is 5.93. The highest BCUT2D eigenvalue weighted by Gasteiger charge is 2.14. The van der Waals surface area contributed by atoms with Crippen molar-refractivity contribution in [2.45, 2.75) is 13.5 Å². The summed E-state index contributed by atoms with van der Waals surface area (Å²) in [5.74, 6) is -0.294. The summed E-state index contributed by atoms with van der Waals surface area (Å²) in [4.78, 5) is 12.0. The van der Waals surface area contributed by atoms with E-state index in [9.17, 15) is 4.79 Å². The standard InChI is InChI=1S/C17H15NO3/c1-11-4-2-3-5-12(11)10-20-17(19)16-9-13-8-14(18)6-7-15(13)21-16/h2-9H,10,18H2,1H3. The second kappa shape index (κ2) is 5.32. The maximum atomic E-state index is 12.0. The molecule has 0 aliphatic rings. The van der Waals surface area contributed by atoms with E-state index in [-0.39, 0.29) is 12.4 Å². The number of furan rings is 1. The molecule has 1 aromatic heterocycles. The van der Waals surface area contributed by atoms with E-state index >= 15 is 0 Å². The first-order valence-corrected chi connectivity index (χ1v) is 6.64. The number of fused-ring (bicyclic) bond motifs is 1. The van der Waals surface area contributed by atoms with Gasteiger partial charge in [0.25, 0.3) is 0 Å². The van der Waals surface area contributed by atoms with Gasteiger partial charge in [0.1, 0.15) is 12.2 Å². The number of carbonyl (C=O) groups is 1. The molecule has 0 atom stereocenters. The lowest BCUT2D eigenvalue weighted by molar-refractivity contribution is 0.0438. The van der Waals surface area contributed by atoms with Crippen LogP contribution in [-0.2, 0) is 11.3 Å². The zero-order chi connectivity index (χ0) is 14.8. The van der Waals surface area contributed by atoms with Crippen molar-refractivity contribution < 1.29 is 13.9 Å². The number of esters is 1. The van der Waals surface area contributed by atoms with Crippen LogP contribution in [0, 0.1) is 6.92 Å². The number of benzene rings is 2. The average molecular weight is 281 g/mol. The number of nitrogens with two attached hydrogens (primary N) is 1. The summed E-state index contributed by atoms with van der Waals surface area (Å²) in [6, 6.07) is 14.7. The average Bonchev–Trinajstić information content (AvgIpc) is 2.89. The smallest absolute Gasteiger partial charge is 0.374 e. The Hall–Kier alpha value is -2.75. The van der Waals surface area contributed by atoms with Crippen LogP contribution in [0.1, 0.15) is 21.7 Å². The van der Waals surface area contributed by atoms with Gasteiger partial charge in [-0.2, -0.15) is 0 Å². The van der Waals surface area contributed by atoms with Crippen molar-refractivity contribution in [3.05, 3.63) is 65.4 Å². The predicted molar refractivity (Wildman–Crippen MR) is 80.9 cm³/mol. The zero-order valence-electron chi connectivity index (χ0n) is 11.6. The van der Waals surface area contributed by atoms with Gasteiger partial charge in [-0.05, 0) is 42.3 Å². The van der Waals surface area contributed by atoms with Crippen LogP contribution in [0.3, 0.4) is 0 Å². The third kappa shape index (κ3) is 2.74. The fourth-order valence-electron chi connectivity index (χ4n) is 2.15. The molecule has 2 aromatic carbocycles. The molecule has 1 heterocycles. The molecule has 0 unspecified atom stereocenters. The maximum absolute atomic E-state index is 12.0. The van der Waals surface area contributed by atoms with Crippen LogP contribution in [0.5, 0.6) is 0 Å². The predicted octanol–water partition coefficient (Wildman–Crippen LogP) is 3.68. The number of ether oxygens (including phenoxy) is 1. The normalized spacial score (nSPS) is 10.7. The number of aryl methyl sites for hydroxylation is 1. The molecule has 3 aromatic rings. The molecule has 0 radical (unpaired) electrons. The van der Waals surface area contributed by atoms with E-state index < -0.39 is 5.97 Å². The maximum Gasteiger partial charge on any atom is 0.374 e. The molecular weight excluding hydrogens is 266 g/mol. The Bertz CT molecular complexity index is 805. The van der Waals surface area contributed by atoms with Gasteiger partial charge >= 0.3 is 5.97 Å². The lowest BCUT2D eigenvalue weighted by Crippen LogP contribution is -2.04. The van der Waals surface area contributed by atoms with Crippen LogP contribution in [0.25, 0.3) is 11.0 Å². The van der Waals surface area contributed by atoms with E-state index in [1.165, 1.54) is 0 Å². The zero-order valence-corrected chi connectivity index (χ0v) is 11.6. The van der Waals surface area contributed by atoms with Gasteiger partial charge < -0.3 is 14.9 Å². The topological polar surface area (TPSA) is 65.5 Å². The van der Waals surface area contributed by atoms with Gasteiger partial charge in [-0.3, -0.25) is 0 Å². The third-order valence-electron chi connectivity index (χ3n) is 3.36. The Balaban J connectivity index is 1.76. The Kier molecular flexibility index (Phi) is 3.36. The van der Waals surface area contributed by atoms with Crippen molar-refractivity contribution in [2.75, 3.05) is 5.73 Å². The summed E-state index contributed by atoms with van der Waals surface area (Å²) in [6.45, 7) is 2.21. The largest absolute Gasteiger partial charge is 0.455 e. The second-order valence-electron chi connectivity index (χ2n) is 4.91. The lowest BCUT2D eigenvalue weighted by atomic mass is 10.1. The SMILES string of the molecule is Cc1ccccc1COC(=O)c1cc2cc(N)ccc2o1. The fraction of sp³-hybridized carbons (Fsp3) is 0.118. The fourth-order valence-corrected chi connectivity index (χ4v) is 2.15. The molecule has 2 N–H and O–H groups in total. The van der Waals surface area contributed by atoms with Crippen LogP contribution in [-0.4, -0.2) is 5.97 Å². The van der Waals surface area contributed by atoms with Crippen LogP contribution in [0.15, 0.2) is 52.9 Å². The van der Waals surface area contributed by atoms with E-state index in [1.807, 2.05) is 31.2 Å². The summed E-state index contributed by atoms with van der Waals surface area (Å²) in [5.41, 5.74) is 9.01. The number of anilines is 1. The molecule has 3 rings (SSSR count). The number of hydrogen-bond donors (Lipinski definition) is 1. The van der Waals surface area contributed by atoms with Crippen LogP contribution in [0.2, 0.25) is 0 Å². The van der Waals surface area contributed by atoms with Gasteiger partial charge in [0.2, 0.25) is 5.76 Å². The molecule has 0 aliphatic carbocycles. The van der Waals surface area contributed by atoms with Gasteiger partial charge in [0.15, 0.2) is 0 Å². The number of hydrogen-bond acceptors (Lipinski definition) is 4. The number of rotatable bonds is 3. The van der Waals surface area contributed by atoms with Crippen molar-refractivity contribution in [1.29, 1.82) is 0 Å². The molecule has 106 valence electrons. The second-order valence-corrected chi connectivity index (χ2v) is 4.91. The molecule has 0 amide bonds. The molecule has 21 heavy (non-hydrogen) atoms. The summed E-state index contributed by atoms with van der Waals surface area (Å²) < 4.78 is 10.8. The minimum atomic E-state index is -0.479. The van der Waals surface area contributed by atoms with E-state index in [0.29, 0.717) is 11.3 Å². The number of carbonyl (C=O) groups excluding carboxylic acids is 1. The van der Waals surface area contributed by atoms with Crippen molar-refractivity contribution in [3.8, 4) is 0 Å². The molecule has 0 saturated carbocycles. The molecule has 0 fully saturated rings. The first-order valence-electron chi connectivity index (χ1n) is 6.64. The molecule has 4 nitrogen and oxygen atoms in total. The Labute approximate surface area is 122 Å². The van der Waals surface area contributed by atoms with Crippen molar-refractivity contribution >= 4 is 22.6 Å². The molecule has 0 spiro atoms. The third-order valence-corrected chi connectivity index (χ3v) is 3.36. The van der Waals surface area contributed by atoms with Gasteiger partial charge in [-0.25, -0.2) is 4.79 Å². The summed E-state index contributed by atoms with van der Waals surface area (Å²) >= 11 is 0. The minimum absolute atomic E-state index is 0.184. The van der Waals surface area contributed by atoms with Crippen molar-refractivity contribution in [2.24, 2.45) is 0 Å². The highest BCUT2D eigenvalue weighted by atomic mass is 16.5. The van der Waals surface area contributed by atoms with Gasteiger partial charge in [-0.1, -0.05) is 24.3 Å². The Morgan fingerprint density at radius 2 is 2.00 bits per heavy atom. The van der Waals surface area contributed by atoms with Crippen molar-refractivity contribution in [3.63, 3.8) is 0 Å². The monoisotopic (exact) mass is 281 g/mol. The van der Waals surface area contributed by atoms with Crippen LogP contribution < -0.4 is 5.73 Å². The quantitative estimate of drug-likeness (QED) is 0.587. The van der Waals surface area contributed by atoms with E-state index in [1.54, 1.807) is 24.3 Å². The minimum Gasteiger partial charge on any atom is -0.455 e. The van der Waals surface area contributed by atoms with Gasteiger partial charge in [-0.15, -0.1) is 0 Å². The molecule has 4 heteroatoms. The van der Waals surface area contributed by atoms with E-state index in [4.69, 9.17) is 14.9 Å². The Morgan fingerprint density at radius 3 is 2.81 bits per heavy atom. The number of nitrogen functional groups attached to an aromatic ring is 1. The van der Waals surface area contributed by atoms with Gasteiger partial charge in [0, 0.05) is 11.1 Å². The first kappa shape index (κ1) is 13.2. The van der Waals surface area contributed by atoms with Crippen LogP contribution >= 0.6 is 0 Å².